The summed E-state index contributed by atoms with van der Waals surface area (Å²) >= 11 is 0. The Labute approximate surface area is 204 Å². The highest BCUT2D eigenvalue weighted by Crippen LogP contribution is 2.33. The number of imide groups is 1. The normalized spacial score (nSPS) is 23.9. The number of cyclic esters (lactones) is 1. The van der Waals surface area contributed by atoms with E-state index in [1.165, 1.54) is 19.3 Å². The molecule has 10 nitrogen and oxygen atoms in total. The van der Waals surface area contributed by atoms with E-state index in [2.05, 4.69) is 0 Å². The number of ether oxygens (including phenoxy) is 5. The Morgan fingerprint density at radius 1 is 1.09 bits per heavy atom. The highest BCUT2D eigenvalue weighted by Gasteiger charge is 2.48. The monoisotopic (exact) mass is 489 g/mol. The zero-order chi connectivity index (χ0) is 25.2. The van der Waals surface area contributed by atoms with Gasteiger partial charge < -0.3 is 28.8 Å². The van der Waals surface area contributed by atoms with E-state index < -0.39 is 42.1 Å². The number of carbonyl (C=O) groups is 3. The van der Waals surface area contributed by atoms with E-state index in [4.69, 9.17) is 28.8 Å². The molecule has 0 radical (unpaired) electrons. The molecule has 4 atom stereocenters. The highest BCUT2D eigenvalue weighted by atomic mass is 16.6. The SMILES string of the molecule is CO[C@@H](C(=O)N1C(=O)O[C@@H](c2ccccc2)[C@H]1C)[C@H]1OC(=CCCOCCOCCO)C=CC1=O. The van der Waals surface area contributed by atoms with Crippen molar-refractivity contribution in [2.75, 3.05) is 40.1 Å². The molecular weight excluding hydrogens is 458 g/mol. The van der Waals surface area contributed by atoms with E-state index in [9.17, 15) is 14.4 Å². The lowest BCUT2D eigenvalue weighted by atomic mass is 10.0. The first-order chi connectivity index (χ1) is 17.0. The van der Waals surface area contributed by atoms with Gasteiger partial charge in [-0.3, -0.25) is 9.59 Å². The Kier molecular flexibility index (Phi) is 9.98. The summed E-state index contributed by atoms with van der Waals surface area (Å²) in [5.41, 5.74) is 0.762. The third-order valence-electron chi connectivity index (χ3n) is 5.58. The number of allylic oxidation sites excluding steroid dienone is 1. The zero-order valence-electron chi connectivity index (χ0n) is 19.8. The molecule has 1 fully saturated rings. The summed E-state index contributed by atoms with van der Waals surface area (Å²) in [4.78, 5) is 39.4. The maximum absolute atomic E-state index is 13.3. The number of hydrogen-bond donors (Lipinski definition) is 1. The summed E-state index contributed by atoms with van der Waals surface area (Å²) in [6.07, 6.45) is 1.07. The number of ketones is 1. The van der Waals surface area contributed by atoms with Crippen LogP contribution in [-0.2, 0) is 33.3 Å². The van der Waals surface area contributed by atoms with Crippen molar-refractivity contribution in [3.8, 4) is 0 Å². The predicted octanol–water partition coefficient (Wildman–Crippen LogP) is 1.93. The lowest BCUT2D eigenvalue weighted by molar-refractivity contribution is -0.153. The van der Waals surface area contributed by atoms with Gasteiger partial charge in [0.05, 0.1) is 39.1 Å². The number of carbonyl (C=O) groups excluding carboxylic acids is 3. The fraction of sp³-hybridized carbons (Fsp3) is 0.480. The van der Waals surface area contributed by atoms with Gasteiger partial charge in [-0.2, -0.15) is 0 Å². The standard InChI is InChI=1S/C25H31NO9/c1-17-21(18-7-4-3-5-8-18)35-25(30)26(17)24(29)23(31-2)22-20(28)11-10-19(34-22)9-6-13-32-15-16-33-14-12-27/h3-5,7-11,17,21-23,27H,6,12-16H2,1-2H3/t17-,21-,22+,23-/m1/s1. The Balaban J connectivity index is 1.61. The minimum absolute atomic E-state index is 0.0356. The Morgan fingerprint density at radius 2 is 1.80 bits per heavy atom. The largest absolute Gasteiger partial charge is 0.479 e. The van der Waals surface area contributed by atoms with Crippen LogP contribution in [0.1, 0.15) is 25.0 Å². The Hall–Kier alpha value is -3.05. The molecule has 10 heteroatoms. The van der Waals surface area contributed by atoms with Gasteiger partial charge in [0.15, 0.2) is 18.0 Å². The van der Waals surface area contributed by atoms with Crippen LogP contribution in [0.3, 0.4) is 0 Å². The maximum Gasteiger partial charge on any atom is 0.417 e. The molecule has 2 aliphatic rings. The molecule has 3 rings (SSSR count). The molecule has 0 spiro atoms. The number of hydrogen-bond acceptors (Lipinski definition) is 9. The van der Waals surface area contributed by atoms with Crippen molar-refractivity contribution in [1.29, 1.82) is 0 Å². The number of aliphatic hydroxyl groups excluding tert-OH is 1. The predicted molar refractivity (Wildman–Crippen MR) is 123 cm³/mol. The van der Waals surface area contributed by atoms with E-state index >= 15 is 0 Å². The van der Waals surface area contributed by atoms with Crippen LogP contribution in [-0.4, -0.2) is 86.2 Å². The molecule has 0 aliphatic carbocycles. The minimum Gasteiger partial charge on any atom is -0.479 e. The maximum atomic E-state index is 13.3. The van der Waals surface area contributed by atoms with Crippen LogP contribution in [0.25, 0.3) is 0 Å². The van der Waals surface area contributed by atoms with Gasteiger partial charge in [0, 0.05) is 7.11 Å². The van der Waals surface area contributed by atoms with Gasteiger partial charge in [-0.1, -0.05) is 30.3 Å². The van der Waals surface area contributed by atoms with Gasteiger partial charge in [0.25, 0.3) is 5.91 Å². The molecule has 1 N–H and O–H groups in total. The number of nitrogens with zero attached hydrogens (tertiary/aromatic N) is 1. The Bertz CT molecular complexity index is 930. The summed E-state index contributed by atoms with van der Waals surface area (Å²) in [5, 5.41) is 8.66. The van der Waals surface area contributed by atoms with Crippen molar-refractivity contribution in [2.45, 2.75) is 37.7 Å². The second-order valence-corrected chi connectivity index (χ2v) is 7.94. The van der Waals surface area contributed by atoms with E-state index in [0.29, 0.717) is 32.0 Å². The van der Waals surface area contributed by atoms with Crippen LogP contribution in [0.5, 0.6) is 0 Å². The average molecular weight is 490 g/mol. The van der Waals surface area contributed by atoms with E-state index in [0.717, 1.165) is 10.5 Å². The van der Waals surface area contributed by atoms with Crippen LogP contribution in [0.4, 0.5) is 4.79 Å². The molecule has 2 aliphatic heterocycles. The van der Waals surface area contributed by atoms with E-state index in [-0.39, 0.29) is 13.2 Å². The molecule has 2 heterocycles. The molecule has 35 heavy (non-hydrogen) atoms. The minimum atomic E-state index is -1.33. The van der Waals surface area contributed by atoms with Crippen molar-refractivity contribution in [1.82, 2.24) is 4.90 Å². The lowest BCUT2D eigenvalue weighted by Gasteiger charge is -2.30. The molecule has 0 unspecified atom stereocenters. The van der Waals surface area contributed by atoms with Crippen molar-refractivity contribution in [2.24, 2.45) is 0 Å². The highest BCUT2D eigenvalue weighted by molar-refractivity contribution is 6.03. The van der Waals surface area contributed by atoms with Gasteiger partial charge in [-0.15, -0.1) is 0 Å². The molecular formula is C25H31NO9. The fourth-order valence-electron chi connectivity index (χ4n) is 3.84. The van der Waals surface area contributed by atoms with Gasteiger partial charge in [-0.25, -0.2) is 9.69 Å². The van der Waals surface area contributed by atoms with Gasteiger partial charge in [0.1, 0.15) is 11.9 Å². The molecule has 0 saturated carbocycles. The van der Waals surface area contributed by atoms with Crippen LogP contribution in [0.2, 0.25) is 0 Å². The van der Waals surface area contributed by atoms with Crippen LogP contribution in [0.15, 0.2) is 54.3 Å². The van der Waals surface area contributed by atoms with Crippen molar-refractivity contribution in [3.63, 3.8) is 0 Å². The lowest BCUT2D eigenvalue weighted by Crippen LogP contribution is -2.52. The first-order valence-corrected chi connectivity index (χ1v) is 11.4. The summed E-state index contributed by atoms with van der Waals surface area (Å²) < 4.78 is 27.1. The second kappa shape index (κ2) is 13.1. The van der Waals surface area contributed by atoms with Crippen LogP contribution < -0.4 is 0 Å². The topological polar surface area (TPSA) is 121 Å². The quantitative estimate of drug-likeness (QED) is 0.439. The van der Waals surface area contributed by atoms with Crippen LogP contribution >= 0.6 is 0 Å². The Morgan fingerprint density at radius 3 is 2.49 bits per heavy atom. The van der Waals surface area contributed by atoms with Crippen molar-refractivity contribution < 1.29 is 43.2 Å². The van der Waals surface area contributed by atoms with Gasteiger partial charge in [0.2, 0.25) is 0 Å². The molecule has 190 valence electrons. The first-order valence-electron chi connectivity index (χ1n) is 11.4. The number of amides is 2. The molecule has 2 amide bonds. The third-order valence-corrected chi connectivity index (χ3v) is 5.58. The smallest absolute Gasteiger partial charge is 0.417 e. The van der Waals surface area contributed by atoms with Crippen molar-refractivity contribution >= 4 is 17.8 Å². The van der Waals surface area contributed by atoms with Crippen LogP contribution in [0, 0.1) is 0 Å². The van der Waals surface area contributed by atoms with Gasteiger partial charge in [-0.05, 0) is 37.1 Å². The van der Waals surface area contributed by atoms with E-state index in [1.54, 1.807) is 13.0 Å². The number of rotatable bonds is 12. The molecule has 0 aromatic heterocycles. The van der Waals surface area contributed by atoms with Crippen molar-refractivity contribution in [3.05, 3.63) is 59.9 Å². The van der Waals surface area contributed by atoms with Gasteiger partial charge >= 0.3 is 6.09 Å². The summed E-state index contributed by atoms with van der Waals surface area (Å²) in [5.74, 6) is -0.758. The summed E-state index contributed by atoms with van der Waals surface area (Å²) in [6.45, 7) is 3.09. The number of methoxy groups -OCH3 is 1. The van der Waals surface area contributed by atoms with E-state index in [1.807, 2.05) is 30.3 Å². The number of aliphatic hydroxyl groups is 1. The summed E-state index contributed by atoms with van der Waals surface area (Å²) in [7, 11) is 1.29. The number of benzene rings is 1. The molecule has 1 aromatic carbocycles. The first kappa shape index (κ1) is 26.6. The molecule has 1 aromatic rings. The fourth-order valence-corrected chi connectivity index (χ4v) is 3.84. The second-order valence-electron chi connectivity index (χ2n) is 7.94. The average Bonchev–Trinajstić information content (AvgIpc) is 3.17. The third kappa shape index (κ3) is 6.76. The summed E-state index contributed by atoms with van der Waals surface area (Å²) in [6, 6.07) is 8.53. The molecule has 1 saturated heterocycles. The zero-order valence-corrected chi connectivity index (χ0v) is 19.8. The molecule has 0 bridgehead atoms.